The molecule has 1 aliphatic heterocycles. The zero-order valence-electron chi connectivity index (χ0n) is 21.2. The summed E-state index contributed by atoms with van der Waals surface area (Å²) in [5.41, 5.74) is 10.8. The Bertz CT molecular complexity index is 1280. The van der Waals surface area contributed by atoms with Crippen LogP contribution in [-0.2, 0) is 4.74 Å². The highest BCUT2D eigenvalue weighted by Gasteiger charge is 2.54. The van der Waals surface area contributed by atoms with Crippen LogP contribution in [0.25, 0.3) is 0 Å². The van der Waals surface area contributed by atoms with E-state index in [9.17, 15) is 4.79 Å². The molecule has 4 N–H and O–H groups in total. The number of nitrogens with zero attached hydrogens (tertiary/aromatic N) is 3. The van der Waals surface area contributed by atoms with E-state index in [2.05, 4.69) is 77.2 Å². The van der Waals surface area contributed by atoms with E-state index in [4.69, 9.17) is 15.5 Å². The number of hydrogen-bond acceptors (Lipinski definition) is 7. The van der Waals surface area contributed by atoms with Crippen molar-refractivity contribution >= 4 is 48.1 Å². The Morgan fingerprint density at radius 1 is 1.11 bits per heavy atom. The number of anilines is 5. The molecule has 188 valence electrons. The van der Waals surface area contributed by atoms with E-state index in [0.29, 0.717) is 5.95 Å². The minimum absolute atomic E-state index is 0.0222. The molecule has 1 saturated heterocycles. The van der Waals surface area contributed by atoms with E-state index < -0.39 is 6.09 Å². The van der Waals surface area contributed by atoms with Crippen molar-refractivity contribution in [2.75, 3.05) is 42.0 Å². The Morgan fingerprint density at radius 2 is 1.86 bits per heavy atom. The number of nitrogens with two attached hydrogens (primary N) is 1. The number of ether oxygens (including phenoxy) is 1. The van der Waals surface area contributed by atoms with Gasteiger partial charge in [0.15, 0.2) is 0 Å². The van der Waals surface area contributed by atoms with Crippen molar-refractivity contribution in [1.82, 2.24) is 9.97 Å². The van der Waals surface area contributed by atoms with Gasteiger partial charge in [-0.3, -0.25) is 0 Å². The summed E-state index contributed by atoms with van der Waals surface area (Å²) in [5, 5.41) is 8.19. The number of hydrogen-bond donors (Lipinski definition) is 3. The molecule has 2 aliphatic rings. The zero-order valence-corrected chi connectivity index (χ0v) is 22.1. The van der Waals surface area contributed by atoms with E-state index in [1.54, 1.807) is 0 Å². The van der Waals surface area contributed by atoms with Gasteiger partial charge in [0.2, 0.25) is 5.95 Å². The topological polar surface area (TPSA) is 105 Å². The Kier molecular flexibility index (Phi) is 6.47. The summed E-state index contributed by atoms with van der Waals surface area (Å²) in [5.74, 6) is 1.36. The van der Waals surface area contributed by atoms with Crippen LogP contribution < -0.4 is 26.6 Å². The third-order valence-corrected chi connectivity index (χ3v) is 8.41. The third kappa shape index (κ3) is 4.96. The molecule has 2 heterocycles. The van der Waals surface area contributed by atoms with Gasteiger partial charge in [0.05, 0.1) is 0 Å². The second-order valence-corrected chi connectivity index (χ2v) is 12.5. The van der Waals surface area contributed by atoms with Crippen LogP contribution in [-0.4, -0.2) is 48.6 Å². The quantitative estimate of drug-likeness (QED) is 0.389. The molecule has 9 heteroatoms. The summed E-state index contributed by atoms with van der Waals surface area (Å²) in [6.07, 6.45) is 2.94. The first-order valence-electron chi connectivity index (χ1n) is 12.2. The first-order chi connectivity index (χ1) is 17.2. The van der Waals surface area contributed by atoms with Crippen molar-refractivity contribution in [3.05, 3.63) is 59.8 Å². The molecule has 5 rings (SSSR count). The molecule has 1 spiro atoms. The molecule has 1 amide bonds. The smallest absolute Gasteiger partial charge is 0.404 e. The van der Waals surface area contributed by atoms with Crippen LogP contribution in [0.2, 0.25) is 0 Å². The van der Waals surface area contributed by atoms with Crippen LogP contribution in [0.3, 0.4) is 0 Å². The van der Waals surface area contributed by atoms with Crippen molar-refractivity contribution in [2.45, 2.75) is 32.8 Å². The second-order valence-electron chi connectivity index (χ2n) is 10.2. The van der Waals surface area contributed by atoms with Crippen LogP contribution in [0.15, 0.2) is 48.7 Å². The van der Waals surface area contributed by atoms with Gasteiger partial charge in [-0.25, -0.2) is 9.78 Å². The van der Waals surface area contributed by atoms with Gasteiger partial charge in [-0.1, -0.05) is 26.1 Å². The molecule has 0 atom stereocenters. The lowest BCUT2D eigenvalue weighted by molar-refractivity contribution is -0.0546. The minimum atomic E-state index is -0.674. The maximum Gasteiger partial charge on any atom is 0.404 e. The van der Waals surface area contributed by atoms with Crippen LogP contribution in [0.5, 0.6) is 0 Å². The van der Waals surface area contributed by atoms with Crippen LogP contribution in [0.1, 0.15) is 24.0 Å². The number of benzene rings is 2. The molecule has 8 nitrogen and oxygen atoms in total. The first-order valence-corrected chi connectivity index (χ1v) is 14.4. The number of carbonyl (C=O) groups excluding carboxylic acids is 1. The SMILES string of the molecule is Cc1cc(Nc2ncc(C)c(Nc3ccccc3P(C)C)n2)ccc1N1CC2(CC(OC(N)=O)C2)C1. The third-order valence-electron chi connectivity index (χ3n) is 7.06. The number of para-hydroxylation sites is 1. The molecule has 2 fully saturated rings. The lowest BCUT2D eigenvalue weighted by Crippen LogP contribution is -2.64. The first kappa shape index (κ1) is 24.3. The Balaban J connectivity index is 1.24. The normalized spacial score (nSPS) is 16.4. The highest BCUT2D eigenvalue weighted by atomic mass is 31.1. The highest BCUT2D eigenvalue weighted by molar-refractivity contribution is 7.64. The van der Waals surface area contributed by atoms with Gasteiger partial charge in [0.1, 0.15) is 11.9 Å². The summed E-state index contributed by atoms with van der Waals surface area (Å²) in [6.45, 7) is 10.6. The van der Waals surface area contributed by atoms with E-state index in [-0.39, 0.29) is 19.4 Å². The molecule has 2 aromatic carbocycles. The zero-order chi connectivity index (χ0) is 25.4. The fourth-order valence-electron chi connectivity index (χ4n) is 5.29. The van der Waals surface area contributed by atoms with Crippen LogP contribution in [0.4, 0.5) is 33.6 Å². The number of aryl methyl sites for hydroxylation is 2. The number of primary amides is 1. The van der Waals surface area contributed by atoms with Gasteiger partial charge in [-0.2, -0.15) is 4.98 Å². The molecule has 0 bridgehead atoms. The average Bonchev–Trinajstić information content (AvgIpc) is 2.77. The monoisotopic (exact) mass is 504 g/mol. The summed E-state index contributed by atoms with van der Waals surface area (Å²) in [4.78, 5) is 22.6. The fourth-order valence-corrected chi connectivity index (χ4v) is 6.28. The predicted molar refractivity (Wildman–Crippen MR) is 148 cm³/mol. The second kappa shape index (κ2) is 9.58. The van der Waals surface area contributed by atoms with Gasteiger partial charge in [0, 0.05) is 47.3 Å². The van der Waals surface area contributed by atoms with Crippen molar-refractivity contribution in [3.8, 4) is 0 Å². The molecule has 3 aromatic rings. The number of carbonyl (C=O) groups is 1. The van der Waals surface area contributed by atoms with Crippen molar-refractivity contribution in [2.24, 2.45) is 11.1 Å². The van der Waals surface area contributed by atoms with Gasteiger partial charge < -0.3 is 26.0 Å². The summed E-state index contributed by atoms with van der Waals surface area (Å²) < 4.78 is 5.12. The molecule has 1 aliphatic carbocycles. The van der Waals surface area contributed by atoms with Gasteiger partial charge in [-0.15, -0.1) is 0 Å². The number of aromatic nitrogens is 2. The maximum atomic E-state index is 10.9. The molecule has 0 radical (unpaired) electrons. The predicted octanol–water partition coefficient (Wildman–Crippen LogP) is 5.01. The van der Waals surface area contributed by atoms with Crippen molar-refractivity contribution < 1.29 is 9.53 Å². The summed E-state index contributed by atoms with van der Waals surface area (Å²) in [7, 11) is -0.239. The molecule has 0 unspecified atom stereocenters. The molecule has 1 saturated carbocycles. The van der Waals surface area contributed by atoms with E-state index >= 15 is 0 Å². The standard InChI is InChI=1S/C27H33N6O2P/c1-17-11-19(9-10-22(17)33-15-27(16-33)12-20(13-27)35-25(28)34)30-26-29-14-18(2)24(32-26)31-21-7-5-6-8-23(21)36(3)4/h5-11,14,20H,12-13,15-16H2,1-4H3,(H2,28,34)(H2,29,30,31,32). The fraction of sp³-hybridized carbons (Fsp3) is 0.370. The number of amides is 1. The van der Waals surface area contributed by atoms with Crippen LogP contribution >= 0.6 is 7.92 Å². The van der Waals surface area contributed by atoms with Gasteiger partial charge in [0.25, 0.3) is 0 Å². The van der Waals surface area contributed by atoms with Crippen LogP contribution in [0, 0.1) is 19.3 Å². The minimum Gasteiger partial charge on any atom is -0.446 e. The lowest BCUT2D eigenvalue weighted by atomic mass is 9.61. The van der Waals surface area contributed by atoms with Crippen molar-refractivity contribution in [3.63, 3.8) is 0 Å². The molecular formula is C27H33N6O2P. The maximum absolute atomic E-state index is 10.9. The van der Waals surface area contributed by atoms with E-state index in [0.717, 1.165) is 48.7 Å². The summed E-state index contributed by atoms with van der Waals surface area (Å²) >= 11 is 0. The summed E-state index contributed by atoms with van der Waals surface area (Å²) in [6, 6.07) is 14.7. The Labute approximate surface area is 213 Å². The van der Waals surface area contributed by atoms with E-state index in [1.807, 2.05) is 19.2 Å². The number of nitrogens with one attached hydrogen (secondary N) is 2. The van der Waals surface area contributed by atoms with E-state index in [1.165, 1.54) is 16.6 Å². The Morgan fingerprint density at radius 3 is 2.56 bits per heavy atom. The lowest BCUT2D eigenvalue weighted by Gasteiger charge is -2.59. The van der Waals surface area contributed by atoms with Crippen molar-refractivity contribution in [1.29, 1.82) is 0 Å². The molecular weight excluding hydrogens is 471 g/mol. The average molecular weight is 505 g/mol. The van der Waals surface area contributed by atoms with Gasteiger partial charge >= 0.3 is 6.09 Å². The largest absolute Gasteiger partial charge is 0.446 e. The highest BCUT2D eigenvalue weighted by Crippen LogP contribution is 2.51. The molecule has 1 aromatic heterocycles. The molecule has 36 heavy (non-hydrogen) atoms. The van der Waals surface area contributed by atoms with Gasteiger partial charge in [-0.05, 0) is 75.2 Å². The Hall–Kier alpha value is -3.38. The number of rotatable bonds is 7.